The first kappa shape index (κ1) is 20.5. The zero-order valence-electron chi connectivity index (χ0n) is 17.1. The van der Waals surface area contributed by atoms with Gasteiger partial charge in [-0.05, 0) is 30.2 Å². The second-order valence-electron chi connectivity index (χ2n) is 6.78. The van der Waals surface area contributed by atoms with Crippen LogP contribution in [0.25, 0.3) is 10.9 Å². The molecule has 0 bridgehead atoms. The normalized spacial score (nSPS) is 10.7. The molecule has 2 aromatic carbocycles. The number of carbonyl (C=O) groups is 2. The lowest BCUT2D eigenvalue weighted by Crippen LogP contribution is -2.35. The monoisotopic (exact) mass is 394 g/mol. The maximum absolute atomic E-state index is 11.9. The molecule has 6 nitrogen and oxygen atoms in total. The summed E-state index contributed by atoms with van der Waals surface area (Å²) in [7, 11) is 2.68. The molecule has 6 heteroatoms. The van der Waals surface area contributed by atoms with E-state index in [-0.39, 0.29) is 13.1 Å². The smallest absolute Gasteiger partial charge is 0.325 e. The number of aryl methyl sites for hydroxylation is 1. The van der Waals surface area contributed by atoms with Crippen LogP contribution in [0, 0.1) is 0 Å². The Morgan fingerprint density at radius 2 is 1.59 bits per heavy atom. The van der Waals surface area contributed by atoms with Crippen molar-refractivity contribution in [2.45, 2.75) is 19.9 Å². The average Bonchev–Trinajstić information content (AvgIpc) is 3.11. The van der Waals surface area contributed by atoms with E-state index in [0.29, 0.717) is 0 Å². The second-order valence-corrected chi connectivity index (χ2v) is 6.78. The highest BCUT2D eigenvalue weighted by atomic mass is 16.5. The van der Waals surface area contributed by atoms with Gasteiger partial charge in [0.05, 0.1) is 19.7 Å². The van der Waals surface area contributed by atoms with Crippen LogP contribution in [0.4, 0.5) is 5.69 Å². The third-order valence-electron chi connectivity index (χ3n) is 4.99. The maximum Gasteiger partial charge on any atom is 0.325 e. The summed E-state index contributed by atoms with van der Waals surface area (Å²) in [6.07, 6.45) is 0.870. The first-order valence-corrected chi connectivity index (χ1v) is 9.61. The lowest BCUT2D eigenvalue weighted by molar-refractivity contribution is -0.140. The van der Waals surface area contributed by atoms with Gasteiger partial charge in [0.2, 0.25) is 0 Å². The number of benzene rings is 2. The van der Waals surface area contributed by atoms with Crippen LogP contribution in [0.5, 0.6) is 0 Å². The summed E-state index contributed by atoms with van der Waals surface area (Å²) >= 11 is 0. The standard InChI is InChI=1S/C23H26N2O4/c1-4-18-13-19-20(24(15-22(26)28-2)16-23(27)29-3)11-8-12-21(19)25(18)14-17-9-6-5-7-10-17/h5-13H,4,14-16H2,1-3H3. The molecule has 0 amide bonds. The minimum atomic E-state index is -0.412. The van der Waals surface area contributed by atoms with Crippen molar-refractivity contribution in [3.63, 3.8) is 0 Å². The molecule has 0 spiro atoms. The Balaban J connectivity index is 2.07. The van der Waals surface area contributed by atoms with E-state index < -0.39 is 11.9 Å². The van der Waals surface area contributed by atoms with Gasteiger partial charge in [-0.2, -0.15) is 0 Å². The predicted octanol–water partition coefficient (Wildman–Crippen LogP) is 3.40. The fourth-order valence-corrected chi connectivity index (χ4v) is 3.51. The van der Waals surface area contributed by atoms with Gasteiger partial charge >= 0.3 is 11.9 Å². The van der Waals surface area contributed by atoms with Gasteiger partial charge < -0.3 is 18.9 Å². The van der Waals surface area contributed by atoms with Crippen LogP contribution >= 0.6 is 0 Å². The van der Waals surface area contributed by atoms with Crippen LogP contribution in [0.15, 0.2) is 54.6 Å². The first-order valence-electron chi connectivity index (χ1n) is 9.61. The lowest BCUT2D eigenvalue weighted by atomic mass is 10.1. The number of hydrogen-bond donors (Lipinski definition) is 0. The fourth-order valence-electron chi connectivity index (χ4n) is 3.51. The van der Waals surface area contributed by atoms with Crippen molar-refractivity contribution in [1.29, 1.82) is 0 Å². The molecule has 3 rings (SSSR count). The van der Waals surface area contributed by atoms with Crippen molar-refractivity contribution in [2.75, 3.05) is 32.2 Å². The Morgan fingerprint density at radius 3 is 2.17 bits per heavy atom. The van der Waals surface area contributed by atoms with Crippen molar-refractivity contribution < 1.29 is 19.1 Å². The van der Waals surface area contributed by atoms with Gasteiger partial charge in [0.1, 0.15) is 13.1 Å². The largest absolute Gasteiger partial charge is 0.468 e. The highest BCUT2D eigenvalue weighted by Crippen LogP contribution is 2.31. The van der Waals surface area contributed by atoms with E-state index in [0.717, 1.165) is 29.6 Å². The van der Waals surface area contributed by atoms with Gasteiger partial charge in [-0.25, -0.2) is 0 Å². The topological polar surface area (TPSA) is 60.8 Å². The van der Waals surface area contributed by atoms with E-state index in [1.807, 2.05) is 30.3 Å². The number of methoxy groups -OCH3 is 2. The number of anilines is 1. The minimum Gasteiger partial charge on any atom is -0.468 e. The number of nitrogens with zero attached hydrogens (tertiary/aromatic N) is 2. The molecule has 0 N–H and O–H groups in total. The van der Waals surface area contributed by atoms with E-state index in [2.05, 4.69) is 35.8 Å². The number of hydrogen-bond acceptors (Lipinski definition) is 5. The molecule has 0 atom stereocenters. The number of aromatic nitrogens is 1. The summed E-state index contributed by atoms with van der Waals surface area (Å²) in [5.74, 6) is -0.823. The van der Waals surface area contributed by atoms with Gasteiger partial charge in [0.15, 0.2) is 0 Å². The zero-order chi connectivity index (χ0) is 20.8. The number of esters is 2. The molecule has 3 aromatic rings. The summed E-state index contributed by atoms with van der Waals surface area (Å²) in [6, 6.07) is 18.4. The number of ether oxygens (including phenoxy) is 2. The Bertz CT molecular complexity index is 977. The molecule has 0 aliphatic carbocycles. The maximum atomic E-state index is 11.9. The molecule has 0 radical (unpaired) electrons. The van der Waals surface area contributed by atoms with Crippen LogP contribution < -0.4 is 4.90 Å². The molecule has 1 aromatic heterocycles. The molecule has 0 fully saturated rings. The van der Waals surface area contributed by atoms with Crippen molar-refractivity contribution in [2.24, 2.45) is 0 Å². The summed E-state index contributed by atoms with van der Waals surface area (Å²) in [4.78, 5) is 25.6. The molecular weight excluding hydrogens is 368 g/mol. The first-order chi connectivity index (χ1) is 14.1. The molecule has 0 aliphatic heterocycles. The average molecular weight is 394 g/mol. The molecule has 1 heterocycles. The van der Waals surface area contributed by atoms with Crippen LogP contribution in [0.3, 0.4) is 0 Å². The number of carbonyl (C=O) groups excluding carboxylic acids is 2. The highest BCUT2D eigenvalue weighted by molar-refractivity contribution is 5.96. The summed E-state index contributed by atoms with van der Waals surface area (Å²) in [5.41, 5.74) is 4.27. The molecule has 0 saturated heterocycles. The molecule has 152 valence electrons. The van der Waals surface area contributed by atoms with Crippen molar-refractivity contribution >= 4 is 28.5 Å². The summed E-state index contributed by atoms with van der Waals surface area (Å²) in [6.45, 7) is 2.81. The van der Waals surface area contributed by atoms with Gasteiger partial charge in [-0.15, -0.1) is 0 Å². The van der Waals surface area contributed by atoms with E-state index in [1.165, 1.54) is 25.5 Å². The Morgan fingerprint density at radius 1 is 0.931 bits per heavy atom. The van der Waals surface area contributed by atoms with E-state index in [1.54, 1.807) is 4.90 Å². The Hall–Kier alpha value is -3.28. The van der Waals surface area contributed by atoms with Crippen molar-refractivity contribution in [3.05, 3.63) is 65.9 Å². The minimum absolute atomic E-state index is 0.0317. The van der Waals surface area contributed by atoms with Gasteiger partial charge in [-0.1, -0.05) is 43.3 Å². The van der Waals surface area contributed by atoms with Gasteiger partial charge in [0, 0.05) is 23.3 Å². The number of fused-ring (bicyclic) bond motifs is 1. The van der Waals surface area contributed by atoms with E-state index in [9.17, 15) is 9.59 Å². The SMILES string of the molecule is CCc1cc2c(N(CC(=O)OC)CC(=O)OC)cccc2n1Cc1ccccc1. The van der Waals surface area contributed by atoms with E-state index in [4.69, 9.17) is 9.47 Å². The quantitative estimate of drug-likeness (QED) is 0.548. The molecule has 0 unspecified atom stereocenters. The number of rotatable bonds is 8. The third kappa shape index (κ3) is 4.59. The molecule has 0 aliphatic rings. The van der Waals surface area contributed by atoms with Crippen LogP contribution in [0.1, 0.15) is 18.2 Å². The summed E-state index contributed by atoms with van der Waals surface area (Å²) in [5, 5.41) is 0.994. The van der Waals surface area contributed by atoms with Crippen molar-refractivity contribution in [1.82, 2.24) is 4.57 Å². The molecule has 0 saturated carbocycles. The lowest BCUT2D eigenvalue weighted by Gasteiger charge is -2.23. The Labute approximate surface area is 170 Å². The zero-order valence-corrected chi connectivity index (χ0v) is 17.1. The van der Waals surface area contributed by atoms with Crippen LogP contribution in [0.2, 0.25) is 0 Å². The highest BCUT2D eigenvalue weighted by Gasteiger charge is 2.20. The van der Waals surface area contributed by atoms with Crippen molar-refractivity contribution in [3.8, 4) is 0 Å². The second kappa shape index (κ2) is 9.28. The fraction of sp³-hybridized carbons (Fsp3) is 0.304. The van der Waals surface area contributed by atoms with Gasteiger partial charge in [0.25, 0.3) is 0 Å². The third-order valence-corrected chi connectivity index (χ3v) is 4.99. The summed E-state index contributed by atoms with van der Waals surface area (Å²) < 4.78 is 11.9. The molecular formula is C23H26N2O4. The van der Waals surface area contributed by atoms with E-state index >= 15 is 0 Å². The van der Waals surface area contributed by atoms with Crippen LogP contribution in [-0.2, 0) is 32.0 Å². The van der Waals surface area contributed by atoms with Gasteiger partial charge in [-0.3, -0.25) is 9.59 Å². The Kier molecular flexibility index (Phi) is 6.54. The molecule has 29 heavy (non-hydrogen) atoms. The predicted molar refractivity (Wildman–Crippen MR) is 113 cm³/mol. The van der Waals surface area contributed by atoms with Crippen LogP contribution in [-0.4, -0.2) is 43.8 Å².